The monoisotopic (exact) mass is 252 g/mol. The van der Waals surface area contributed by atoms with Crippen LogP contribution in [-0.4, -0.2) is 23.2 Å². The Morgan fingerprint density at radius 1 is 1.24 bits per heavy atom. The third-order valence-electron chi connectivity index (χ3n) is 3.48. The van der Waals surface area contributed by atoms with Gasteiger partial charge in [-0.1, -0.05) is 12.8 Å². The molecule has 1 N–H and O–H groups in total. The maximum atomic E-state index is 12.2. The Balaban J connectivity index is 2.30. The summed E-state index contributed by atoms with van der Waals surface area (Å²) in [5.74, 6) is 0.408. The molecule has 1 unspecified atom stereocenters. The highest BCUT2D eigenvalue weighted by atomic mass is 19.4. The average Bonchev–Trinajstić information content (AvgIpc) is 2.18. The predicted octanol–water partition coefficient (Wildman–Crippen LogP) is 3.09. The molecule has 1 saturated carbocycles. The van der Waals surface area contributed by atoms with E-state index in [0.717, 1.165) is 12.8 Å². The lowest BCUT2D eigenvalue weighted by Crippen LogP contribution is -2.31. The molecule has 0 saturated heterocycles. The summed E-state index contributed by atoms with van der Waals surface area (Å²) in [6, 6.07) is 0. The Hall–Kier alpha value is -0.580. The van der Waals surface area contributed by atoms with E-state index in [4.69, 9.17) is 5.11 Å². The van der Waals surface area contributed by atoms with Crippen LogP contribution in [0.5, 0.6) is 0 Å². The Morgan fingerprint density at radius 3 is 2.12 bits per heavy atom. The SMILES string of the molecule is CC(=O)CC1CCC(CC(O)C(F)(F)F)CC1. The molecule has 0 amide bonds. The molecule has 5 heteroatoms. The van der Waals surface area contributed by atoms with E-state index in [9.17, 15) is 18.0 Å². The number of halogens is 3. The van der Waals surface area contributed by atoms with Gasteiger partial charge in [0.25, 0.3) is 0 Å². The number of ketones is 1. The smallest absolute Gasteiger partial charge is 0.384 e. The first-order valence-electron chi connectivity index (χ1n) is 6.03. The molecule has 0 aliphatic heterocycles. The summed E-state index contributed by atoms with van der Waals surface area (Å²) in [6.45, 7) is 1.54. The molecule has 1 fully saturated rings. The van der Waals surface area contributed by atoms with E-state index in [0.29, 0.717) is 25.2 Å². The fourth-order valence-electron chi connectivity index (χ4n) is 2.53. The zero-order chi connectivity index (χ0) is 13.1. The Labute approximate surface area is 99.2 Å². The number of carbonyl (C=O) groups is 1. The summed E-state index contributed by atoms with van der Waals surface area (Å²) in [6.07, 6.45) is -3.39. The molecule has 0 aromatic carbocycles. The lowest BCUT2D eigenvalue weighted by molar-refractivity contribution is -0.209. The van der Waals surface area contributed by atoms with Crippen LogP contribution in [0.25, 0.3) is 0 Å². The van der Waals surface area contributed by atoms with Crippen LogP contribution in [0.15, 0.2) is 0 Å². The molecular formula is C12H19F3O2. The second kappa shape index (κ2) is 5.85. The zero-order valence-corrected chi connectivity index (χ0v) is 9.96. The lowest BCUT2D eigenvalue weighted by Gasteiger charge is -2.29. The number of rotatable bonds is 4. The van der Waals surface area contributed by atoms with E-state index in [1.54, 1.807) is 6.92 Å². The van der Waals surface area contributed by atoms with Crippen molar-refractivity contribution in [3.63, 3.8) is 0 Å². The minimum absolute atomic E-state index is 0.0603. The molecule has 0 spiro atoms. The second-order valence-electron chi connectivity index (χ2n) is 5.09. The first kappa shape index (κ1) is 14.5. The highest BCUT2D eigenvalue weighted by Gasteiger charge is 2.39. The second-order valence-corrected chi connectivity index (χ2v) is 5.09. The zero-order valence-electron chi connectivity index (χ0n) is 9.96. The predicted molar refractivity (Wildman–Crippen MR) is 57.4 cm³/mol. The van der Waals surface area contributed by atoms with Crippen LogP contribution in [0.3, 0.4) is 0 Å². The third-order valence-corrected chi connectivity index (χ3v) is 3.48. The molecule has 1 aliphatic rings. The van der Waals surface area contributed by atoms with Gasteiger partial charge in [-0.3, -0.25) is 0 Å². The number of aliphatic hydroxyl groups is 1. The minimum Gasteiger partial charge on any atom is -0.384 e. The average molecular weight is 252 g/mol. The Kier molecular flexibility index (Phi) is 4.98. The minimum atomic E-state index is -4.50. The van der Waals surface area contributed by atoms with E-state index < -0.39 is 12.3 Å². The molecule has 100 valence electrons. The van der Waals surface area contributed by atoms with Crippen molar-refractivity contribution in [3.8, 4) is 0 Å². The molecule has 1 atom stereocenters. The standard InChI is InChI=1S/C12H19F3O2/c1-8(16)6-9-2-4-10(5-3-9)7-11(17)12(13,14)15/h9-11,17H,2-7H2,1H3. The number of hydrogen-bond donors (Lipinski definition) is 1. The van der Waals surface area contributed by atoms with Gasteiger partial charge in [-0.2, -0.15) is 13.2 Å². The number of carbonyl (C=O) groups excluding carboxylic acids is 1. The molecule has 17 heavy (non-hydrogen) atoms. The van der Waals surface area contributed by atoms with E-state index in [2.05, 4.69) is 0 Å². The van der Waals surface area contributed by atoms with E-state index in [1.165, 1.54) is 0 Å². The fraction of sp³-hybridized carbons (Fsp3) is 0.917. The molecule has 0 heterocycles. The van der Waals surface area contributed by atoms with Gasteiger partial charge in [0.1, 0.15) is 11.9 Å². The first-order chi connectivity index (χ1) is 7.79. The van der Waals surface area contributed by atoms with Gasteiger partial charge < -0.3 is 9.90 Å². The highest BCUT2D eigenvalue weighted by molar-refractivity contribution is 5.75. The topological polar surface area (TPSA) is 37.3 Å². The van der Waals surface area contributed by atoms with Crippen molar-refractivity contribution in [1.82, 2.24) is 0 Å². The van der Waals surface area contributed by atoms with Crippen molar-refractivity contribution < 1.29 is 23.1 Å². The molecule has 1 rings (SSSR count). The highest BCUT2D eigenvalue weighted by Crippen LogP contribution is 2.35. The largest absolute Gasteiger partial charge is 0.414 e. The lowest BCUT2D eigenvalue weighted by atomic mass is 9.78. The van der Waals surface area contributed by atoms with Crippen LogP contribution in [0.4, 0.5) is 13.2 Å². The van der Waals surface area contributed by atoms with Crippen molar-refractivity contribution in [1.29, 1.82) is 0 Å². The molecule has 0 aromatic rings. The summed E-state index contributed by atoms with van der Waals surface area (Å²) in [5.41, 5.74) is 0. The van der Waals surface area contributed by atoms with Gasteiger partial charge in [-0.05, 0) is 38.0 Å². The molecule has 0 radical (unpaired) electrons. The summed E-state index contributed by atoms with van der Waals surface area (Å²) in [5, 5.41) is 8.97. The summed E-state index contributed by atoms with van der Waals surface area (Å²) in [4.78, 5) is 10.9. The van der Waals surface area contributed by atoms with Gasteiger partial charge >= 0.3 is 6.18 Å². The van der Waals surface area contributed by atoms with Gasteiger partial charge in [-0.25, -0.2) is 0 Å². The maximum Gasteiger partial charge on any atom is 0.414 e. The van der Waals surface area contributed by atoms with Crippen LogP contribution in [0.2, 0.25) is 0 Å². The molecule has 1 aliphatic carbocycles. The third kappa shape index (κ3) is 5.06. The summed E-state index contributed by atoms with van der Waals surface area (Å²) >= 11 is 0. The molecule has 2 nitrogen and oxygen atoms in total. The van der Waals surface area contributed by atoms with Crippen LogP contribution >= 0.6 is 0 Å². The van der Waals surface area contributed by atoms with Gasteiger partial charge in [0.05, 0.1) is 0 Å². The van der Waals surface area contributed by atoms with Gasteiger partial charge in [0.2, 0.25) is 0 Å². The van der Waals surface area contributed by atoms with E-state index >= 15 is 0 Å². The van der Waals surface area contributed by atoms with Crippen LogP contribution in [0, 0.1) is 11.8 Å². The molecular weight excluding hydrogens is 233 g/mol. The van der Waals surface area contributed by atoms with Gasteiger partial charge in [0, 0.05) is 6.42 Å². The fourth-order valence-corrected chi connectivity index (χ4v) is 2.53. The van der Waals surface area contributed by atoms with Gasteiger partial charge in [-0.15, -0.1) is 0 Å². The van der Waals surface area contributed by atoms with Crippen LogP contribution < -0.4 is 0 Å². The van der Waals surface area contributed by atoms with Crippen LogP contribution in [-0.2, 0) is 4.79 Å². The van der Waals surface area contributed by atoms with Gasteiger partial charge in [0.15, 0.2) is 0 Å². The van der Waals surface area contributed by atoms with Crippen molar-refractivity contribution in [3.05, 3.63) is 0 Å². The Morgan fingerprint density at radius 2 is 1.71 bits per heavy atom. The number of aliphatic hydroxyl groups excluding tert-OH is 1. The number of Topliss-reactive ketones (excluding diaryl/α,β-unsaturated/α-hetero) is 1. The molecule has 0 bridgehead atoms. The van der Waals surface area contributed by atoms with Crippen molar-refractivity contribution in [2.75, 3.05) is 0 Å². The van der Waals surface area contributed by atoms with Crippen molar-refractivity contribution >= 4 is 5.78 Å². The Bertz CT molecular complexity index is 255. The molecule has 0 aromatic heterocycles. The van der Waals surface area contributed by atoms with E-state index in [1.807, 2.05) is 0 Å². The van der Waals surface area contributed by atoms with E-state index in [-0.39, 0.29) is 18.1 Å². The van der Waals surface area contributed by atoms with Crippen molar-refractivity contribution in [2.24, 2.45) is 11.8 Å². The number of hydrogen-bond acceptors (Lipinski definition) is 2. The maximum absolute atomic E-state index is 12.2. The summed E-state index contributed by atoms with van der Waals surface area (Å²) < 4.78 is 36.5. The van der Waals surface area contributed by atoms with Crippen molar-refractivity contribution in [2.45, 2.75) is 57.7 Å². The first-order valence-corrected chi connectivity index (χ1v) is 6.03. The summed E-state index contributed by atoms with van der Waals surface area (Å²) in [7, 11) is 0. The normalized spacial score (nSPS) is 27.8. The quantitative estimate of drug-likeness (QED) is 0.834. The van der Waals surface area contributed by atoms with Crippen LogP contribution in [0.1, 0.15) is 45.4 Å². The number of alkyl halides is 3.